The largest absolute Gasteiger partial charge is 0.469 e. The molecule has 0 saturated carbocycles. The van der Waals surface area contributed by atoms with Gasteiger partial charge in [-0.25, -0.2) is 0 Å². The first kappa shape index (κ1) is 15.6. The van der Waals surface area contributed by atoms with Gasteiger partial charge in [0, 0.05) is 6.04 Å². The Bertz CT molecular complexity index is 465. The number of hydrogen-bond donors (Lipinski definition) is 1. The van der Waals surface area contributed by atoms with Crippen LogP contribution < -0.4 is 5.73 Å². The zero-order chi connectivity index (χ0) is 12.6. The second-order valence-electron chi connectivity index (χ2n) is 4.23. The molecule has 0 saturated heterocycles. The van der Waals surface area contributed by atoms with Crippen LogP contribution in [0.3, 0.4) is 0 Å². The maximum Gasteiger partial charge on any atom is 0.309 e. The molecule has 3 nitrogen and oxygen atoms in total. The number of hydrogen-bond acceptors (Lipinski definition) is 3. The molecular weight excluding hydrogens is 296 g/mol. The molecule has 1 aromatic carbocycles. The topological polar surface area (TPSA) is 52.3 Å². The summed E-state index contributed by atoms with van der Waals surface area (Å²) in [5.41, 5.74) is 7.99. The first-order chi connectivity index (χ1) is 8.02. The first-order valence-corrected chi connectivity index (χ1v) is 6.09. The molecule has 2 atom stereocenters. The van der Waals surface area contributed by atoms with Crippen LogP contribution in [-0.2, 0) is 16.0 Å². The van der Waals surface area contributed by atoms with E-state index in [1.54, 1.807) is 12.1 Å². The molecule has 1 aliphatic carbocycles. The van der Waals surface area contributed by atoms with Crippen LogP contribution in [0, 0.1) is 5.92 Å². The predicted octanol–water partition coefficient (Wildman–Crippen LogP) is 3.15. The lowest BCUT2D eigenvalue weighted by Gasteiger charge is -2.28. The molecule has 100 valence electrons. The van der Waals surface area contributed by atoms with Crippen LogP contribution >= 0.6 is 35.6 Å². The molecule has 0 bridgehead atoms. The van der Waals surface area contributed by atoms with E-state index in [0.29, 0.717) is 22.9 Å². The van der Waals surface area contributed by atoms with Crippen LogP contribution in [0.1, 0.15) is 23.6 Å². The molecule has 0 amide bonds. The van der Waals surface area contributed by atoms with Crippen molar-refractivity contribution in [2.45, 2.75) is 18.9 Å². The summed E-state index contributed by atoms with van der Waals surface area (Å²) in [5, 5.41) is 0.987. The van der Waals surface area contributed by atoms with Crippen molar-refractivity contribution in [3.05, 3.63) is 33.3 Å². The van der Waals surface area contributed by atoms with Gasteiger partial charge in [0.1, 0.15) is 0 Å². The number of ether oxygens (including phenoxy) is 1. The third-order valence-electron chi connectivity index (χ3n) is 3.12. The number of methoxy groups -OCH3 is 1. The van der Waals surface area contributed by atoms with E-state index in [2.05, 4.69) is 0 Å². The van der Waals surface area contributed by atoms with Gasteiger partial charge in [-0.1, -0.05) is 23.2 Å². The summed E-state index contributed by atoms with van der Waals surface area (Å²) in [6.07, 6.45) is 1.18. The third-order valence-corrected chi connectivity index (χ3v) is 3.84. The summed E-state index contributed by atoms with van der Waals surface area (Å²) in [4.78, 5) is 11.5. The Morgan fingerprint density at radius 2 is 2.00 bits per heavy atom. The van der Waals surface area contributed by atoms with Crippen molar-refractivity contribution in [3.63, 3.8) is 0 Å². The minimum absolute atomic E-state index is 0. The molecule has 0 aromatic heterocycles. The Kier molecular flexibility index (Phi) is 5.29. The van der Waals surface area contributed by atoms with Gasteiger partial charge in [-0.3, -0.25) is 4.79 Å². The van der Waals surface area contributed by atoms with E-state index >= 15 is 0 Å². The van der Waals surface area contributed by atoms with Crippen molar-refractivity contribution in [1.29, 1.82) is 0 Å². The van der Waals surface area contributed by atoms with Crippen molar-refractivity contribution in [1.82, 2.24) is 0 Å². The maximum absolute atomic E-state index is 11.5. The fourth-order valence-electron chi connectivity index (χ4n) is 2.25. The average molecular weight is 311 g/mol. The lowest BCUT2D eigenvalue weighted by Crippen LogP contribution is -2.29. The Balaban J connectivity index is 0.00000162. The first-order valence-electron chi connectivity index (χ1n) is 5.34. The van der Waals surface area contributed by atoms with Gasteiger partial charge >= 0.3 is 5.97 Å². The molecule has 0 fully saturated rings. The summed E-state index contributed by atoms with van der Waals surface area (Å²) in [6.45, 7) is 0. The molecule has 0 unspecified atom stereocenters. The Labute approximate surface area is 122 Å². The van der Waals surface area contributed by atoms with Crippen LogP contribution in [0.25, 0.3) is 0 Å². The van der Waals surface area contributed by atoms with Gasteiger partial charge in [-0.15, -0.1) is 12.4 Å². The summed E-state index contributed by atoms with van der Waals surface area (Å²) in [5.74, 6) is -0.420. The van der Waals surface area contributed by atoms with E-state index in [4.69, 9.17) is 33.7 Å². The van der Waals surface area contributed by atoms with Gasteiger partial charge in [0.05, 0.1) is 23.1 Å². The van der Waals surface area contributed by atoms with Crippen molar-refractivity contribution < 1.29 is 9.53 Å². The van der Waals surface area contributed by atoms with Crippen LogP contribution in [0.5, 0.6) is 0 Å². The molecular formula is C12H14Cl3NO2. The van der Waals surface area contributed by atoms with Gasteiger partial charge in [-0.2, -0.15) is 0 Å². The SMILES string of the molecule is COC(=O)[C@H]1Cc2cc(Cl)c(Cl)cc2[C@H](N)C1.Cl. The maximum atomic E-state index is 11.5. The molecule has 2 N–H and O–H groups in total. The number of carbonyl (C=O) groups is 1. The number of halogens is 3. The summed E-state index contributed by atoms with van der Waals surface area (Å²) < 4.78 is 4.75. The summed E-state index contributed by atoms with van der Waals surface area (Å²) in [6, 6.07) is 3.38. The molecule has 6 heteroatoms. The number of esters is 1. The van der Waals surface area contributed by atoms with E-state index < -0.39 is 0 Å². The van der Waals surface area contributed by atoms with E-state index in [9.17, 15) is 4.79 Å². The molecule has 0 radical (unpaired) electrons. The molecule has 0 heterocycles. The molecule has 2 rings (SSSR count). The lowest BCUT2D eigenvalue weighted by atomic mass is 9.81. The standard InChI is InChI=1S/C12H13Cl2NO2.ClH/c1-17-12(16)7-2-6-3-9(13)10(14)5-8(6)11(15)4-7;/h3,5,7,11H,2,4,15H2,1H3;1H/t7-,11+;/m0./s1. The highest BCUT2D eigenvalue weighted by Crippen LogP contribution is 2.36. The van der Waals surface area contributed by atoms with Gasteiger partial charge < -0.3 is 10.5 Å². The van der Waals surface area contributed by atoms with Gasteiger partial charge in [0.15, 0.2) is 0 Å². The number of rotatable bonds is 1. The minimum atomic E-state index is -0.225. The van der Waals surface area contributed by atoms with Crippen LogP contribution in [-0.4, -0.2) is 13.1 Å². The van der Waals surface area contributed by atoms with Crippen molar-refractivity contribution in [3.8, 4) is 0 Å². The van der Waals surface area contributed by atoms with Crippen LogP contribution in [0.15, 0.2) is 12.1 Å². The van der Waals surface area contributed by atoms with Crippen molar-refractivity contribution >= 4 is 41.6 Å². The number of fused-ring (bicyclic) bond motifs is 1. The zero-order valence-electron chi connectivity index (χ0n) is 9.78. The fourth-order valence-corrected chi connectivity index (χ4v) is 2.61. The fraction of sp³-hybridized carbons (Fsp3) is 0.417. The molecule has 1 aromatic rings. The predicted molar refractivity (Wildman–Crippen MR) is 74.5 cm³/mol. The number of nitrogens with two attached hydrogens (primary N) is 1. The normalized spacial score (nSPS) is 21.8. The highest BCUT2D eigenvalue weighted by atomic mass is 35.5. The highest BCUT2D eigenvalue weighted by Gasteiger charge is 2.30. The summed E-state index contributed by atoms with van der Waals surface area (Å²) >= 11 is 11.9. The average Bonchev–Trinajstić information content (AvgIpc) is 2.30. The van der Waals surface area contributed by atoms with Crippen LogP contribution in [0.4, 0.5) is 0 Å². The highest BCUT2D eigenvalue weighted by molar-refractivity contribution is 6.42. The zero-order valence-corrected chi connectivity index (χ0v) is 12.1. The Morgan fingerprint density at radius 1 is 1.39 bits per heavy atom. The van der Waals surface area contributed by atoms with E-state index in [0.717, 1.165) is 11.1 Å². The van der Waals surface area contributed by atoms with Crippen LogP contribution in [0.2, 0.25) is 10.0 Å². The van der Waals surface area contributed by atoms with Crippen molar-refractivity contribution in [2.24, 2.45) is 11.7 Å². The van der Waals surface area contributed by atoms with E-state index in [1.165, 1.54) is 7.11 Å². The Morgan fingerprint density at radius 3 is 2.61 bits per heavy atom. The van der Waals surface area contributed by atoms with Gasteiger partial charge in [0.2, 0.25) is 0 Å². The summed E-state index contributed by atoms with van der Waals surface area (Å²) in [7, 11) is 1.39. The second kappa shape index (κ2) is 6.11. The van der Waals surface area contributed by atoms with Gasteiger partial charge in [0.25, 0.3) is 0 Å². The molecule has 1 aliphatic rings. The molecule has 0 aliphatic heterocycles. The number of benzene rings is 1. The molecule has 18 heavy (non-hydrogen) atoms. The molecule has 0 spiro atoms. The minimum Gasteiger partial charge on any atom is -0.469 e. The number of carbonyl (C=O) groups excluding carboxylic acids is 1. The lowest BCUT2D eigenvalue weighted by molar-refractivity contribution is -0.146. The van der Waals surface area contributed by atoms with Gasteiger partial charge in [-0.05, 0) is 36.1 Å². The quantitative estimate of drug-likeness (QED) is 0.811. The van der Waals surface area contributed by atoms with E-state index in [1.807, 2.05) is 0 Å². The third kappa shape index (κ3) is 2.91. The monoisotopic (exact) mass is 309 g/mol. The second-order valence-corrected chi connectivity index (χ2v) is 5.05. The van der Waals surface area contributed by atoms with Crippen molar-refractivity contribution in [2.75, 3.05) is 7.11 Å². The Hall–Kier alpha value is -0.480. The smallest absolute Gasteiger partial charge is 0.309 e. The van der Waals surface area contributed by atoms with E-state index in [-0.39, 0.29) is 30.3 Å².